The summed E-state index contributed by atoms with van der Waals surface area (Å²) >= 11 is 0. The molecule has 1 atom stereocenters. The fraction of sp³-hybridized carbons (Fsp3) is 0.278. The number of hydrogen-bond acceptors (Lipinski definition) is 6. The number of amides is 1. The molecule has 0 aliphatic carbocycles. The summed E-state index contributed by atoms with van der Waals surface area (Å²) in [5.74, 6) is -1.52. The van der Waals surface area contributed by atoms with Crippen molar-refractivity contribution < 1.29 is 13.6 Å². The molecular weight excluding hydrogens is 368 g/mol. The molecule has 2 N–H and O–H groups in total. The zero-order chi connectivity index (χ0) is 20.4. The summed E-state index contributed by atoms with van der Waals surface area (Å²) in [5, 5.41) is 5.86. The van der Waals surface area contributed by atoms with Gasteiger partial charge in [0.2, 0.25) is 11.9 Å². The van der Waals surface area contributed by atoms with Gasteiger partial charge >= 0.3 is 0 Å². The third-order valence-electron chi connectivity index (χ3n) is 3.93. The first-order chi connectivity index (χ1) is 13.3. The van der Waals surface area contributed by atoms with Gasteiger partial charge in [-0.2, -0.15) is 4.98 Å². The Kier molecular flexibility index (Phi) is 5.30. The number of aliphatic imine (C=N–C) groups is 1. The van der Waals surface area contributed by atoms with Crippen LogP contribution in [0, 0.1) is 11.6 Å². The predicted molar refractivity (Wildman–Crippen MR) is 103 cm³/mol. The molecule has 3 rings (SSSR count). The molecule has 10 heteroatoms. The summed E-state index contributed by atoms with van der Waals surface area (Å²) in [6, 6.07) is 2.39. The summed E-state index contributed by atoms with van der Waals surface area (Å²) in [4.78, 5) is 28.6. The van der Waals surface area contributed by atoms with Gasteiger partial charge in [0.15, 0.2) is 5.65 Å². The molecule has 1 amide bonds. The number of anilines is 3. The smallest absolute Gasteiger partial charge is 0.268 e. The van der Waals surface area contributed by atoms with Crippen LogP contribution in [0.15, 0.2) is 29.4 Å². The quantitative estimate of drug-likeness (QED) is 0.629. The monoisotopic (exact) mass is 387 g/mol. The standard InChI is InChI=1S/C18H19F2N7O/c1-9(2)23-17-22-8-14-15(26-17)27(10(3)16(28)21-4)18(25-14)24-13-6-5-11(19)7-12(13)20/h5-10H,4H2,1-3H3,(H,24,25)(H,22,23,26)/t10-/m1/s1. The molecule has 0 fully saturated rings. The fourth-order valence-corrected chi connectivity index (χ4v) is 2.63. The molecule has 0 aliphatic rings. The summed E-state index contributed by atoms with van der Waals surface area (Å²) in [7, 11) is 0. The SMILES string of the molecule is C=NC(=O)[C@@H](C)n1c(Nc2ccc(F)cc2F)nc2cnc(NC(C)C)nc21. The minimum atomic E-state index is -0.810. The molecule has 2 aromatic heterocycles. The highest BCUT2D eigenvalue weighted by Gasteiger charge is 2.23. The highest BCUT2D eigenvalue weighted by Crippen LogP contribution is 2.28. The summed E-state index contributed by atoms with van der Waals surface area (Å²) in [6.07, 6.45) is 1.49. The van der Waals surface area contributed by atoms with Crippen LogP contribution in [-0.4, -0.2) is 38.2 Å². The van der Waals surface area contributed by atoms with Gasteiger partial charge < -0.3 is 10.6 Å². The van der Waals surface area contributed by atoms with E-state index < -0.39 is 23.6 Å². The molecule has 3 aromatic rings. The first-order valence-corrected chi connectivity index (χ1v) is 8.54. The van der Waals surface area contributed by atoms with Crippen LogP contribution in [0.4, 0.5) is 26.4 Å². The number of nitrogens with zero attached hydrogens (tertiary/aromatic N) is 5. The molecule has 1 aromatic carbocycles. The number of imidazole rings is 1. The van der Waals surface area contributed by atoms with E-state index >= 15 is 0 Å². The van der Waals surface area contributed by atoms with Crippen molar-refractivity contribution in [2.75, 3.05) is 10.6 Å². The Labute approximate surface area is 159 Å². The molecule has 28 heavy (non-hydrogen) atoms. The predicted octanol–water partition coefficient (Wildman–Crippen LogP) is 3.46. The van der Waals surface area contributed by atoms with Crippen LogP contribution in [-0.2, 0) is 4.79 Å². The Morgan fingerprint density at radius 2 is 2.00 bits per heavy atom. The van der Waals surface area contributed by atoms with Gasteiger partial charge in [0.1, 0.15) is 23.2 Å². The number of nitrogens with one attached hydrogen (secondary N) is 2. The second kappa shape index (κ2) is 7.67. The van der Waals surface area contributed by atoms with E-state index in [9.17, 15) is 13.6 Å². The van der Waals surface area contributed by atoms with Gasteiger partial charge in [0.25, 0.3) is 5.91 Å². The molecular formula is C18H19F2N7O. The zero-order valence-corrected chi connectivity index (χ0v) is 15.6. The summed E-state index contributed by atoms with van der Waals surface area (Å²) in [6.45, 7) is 8.73. The average molecular weight is 387 g/mol. The van der Waals surface area contributed by atoms with Crippen LogP contribution in [0.3, 0.4) is 0 Å². The molecule has 0 radical (unpaired) electrons. The van der Waals surface area contributed by atoms with Crippen molar-refractivity contribution in [2.24, 2.45) is 4.99 Å². The maximum absolute atomic E-state index is 14.1. The number of carbonyl (C=O) groups is 1. The number of rotatable bonds is 6. The van der Waals surface area contributed by atoms with E-state index in [4.69, 9.17) is 0 Å². The normalized spacial score (nSPS) is 12.2. The third-order valence-corrected chi connectivity index (χ3v) is 3.93. The van der Waals surface area contributed by atoms with Crippen LogP contribution in [0.2, 0.25) is 0 Å². The first-order valence-electron chi connectivity index (χ1n) is 8.54. The second-order valence-electron chi connectivity index (χ2n) is 6.43. The van der Waals surface area contributed by atoms with Gasteiger partial charge in [-0.3, -0.25) is 9.36 Å². The number of carbonyl (C=O) groups excluding carboxylic acids is 1. The summed E-state index contributed by atoms with van der Waals surface area (Å²) < 4.78 is 28.7. The van der Waals surface area contributed by atoms with E-state index in [0.29, 0.717) is 17.1 Å². The van der Waals surface area contributed by atoms with E-state index in [2.05, 4.69) is 37.3 Å². The van der Waals surface area contributed by atoms with Gasteiger partial charge in [0, 0.05) is 12.1 Å². The second-order valence-corrected chi connectivity index (χ2v) is 6.43. The molecule has 0 saturated heterocycles. The lowest BCUT2D eigenvalue weighted by atomic mass is 10.3. The van der Waals surface area contributed by atoms with Crippen molar-refractivity contribution in [3.05, 3.63) is 36.0 Å². The van der Waals surface area contributed by atoms with Crippen molar-refractivity contribution in [1.82, 2.24) is 19.5 Å². The number of halogens is 2. The van der Waals surface area contributed by atoms with Crippen LogP contribution in [0.1, 0.15) is 26.8 Å². The van der Waals surface area contributed by atoms with Crippen molar-refractivity contribution in [3.8, 4) is 0 Å². The molecule has 0 bridgehead atoms. The minimum Gasteiger partial charge on any atom is -0.352 e. The van der Waals surface area contributed by atoms with Gasteiger partial charge in [-0.05, 0) is 39.6 Å². The molecule has 0 saturated carbocycles. The van der Waals surface area contributed by atoms with E-state index in [1.807, 2.05) is 13.8 Å². The van der Waals surface area contributed by atoms with Crippen LogP contribution in [0.25, 0.3) is 11.2 Å². The Morgan fingerprint density at radius 3 is 2.64 bits per heavy atom. The van der Waals surface area contributed by atoms with Crippen LogP contribution < -0.4 is 10.6 Å². The fourth-order valence-electron chi connectivity index (χ4n) is 2.63. The summed E-state index contributed by atoms with van der Waals surface area (Å²) in [5.41, 5.74) is 0.744. The average Bonchev–Trinajstić information content (AvgIpc) is 2.99. The zero-order valence-electron chi connectivity index (χ0n) is 15.6. The Balaban J connectivity index is 2.14. The maximum Gasteiger partial charge on any atom is 0.268 e. The van der Waals surface area contributed by atoms with Gasteiger partial charge in [-0.1, -0.05) is 0 Å². The maximum atomic E-state index is 14.1. The number of hydrogen-bond donors (Lipinski definition) is 2. The topological polar surface area (TPSA) is 97.1 Å². The van der Waals surface area contributed by atoms with Crippen molar-refractivity contribution >= 4 is 41.4 Å². The molecule has 0 aliphatic heterocycles. The molecule has 2 heterocycles. The van der Waals surface area contributed by atoms with Crippen molar-refractivity contribution in [1.29, 1.82) is 0 Å². The Morgan fingerprint density at radius 1 is 1.25 bits per heavy atom. The number of aromatic nitrogens is 4. The van der Waals surface area contributed by atoms with Gasteiger partial charge in [-0.25, -0.2) is 23.7 Å². The number of fused-ring (bicyclic) bond motifs is 1. The molecule has 8 nitrogen and oxygen atoms in total. The third kappa shape index (κ3) is 3.80. The lowest BCUT2D eigenvalue weighted by molar-refractivity contribution is -0.120. The lowest BCUT2D eigenvalue weighted by Gasteiger charge is -2.15. The van der Waals surface area contributed by atoms with Crippen molar-refractivity contribution in [2.45, 2.75) is 32.9 Å². The van der Waals surface area contributed by atoms with E-state index in [1.54, 1.807) is 6.92 Å². The van der Waals surface area contributed by atoms with E-state index in [0.717, 1.165) is 12.1 Å². The number of benzene rings is 1. The Hall–Kier alpha value is -3.43. The minimum absolute atomic E-state index is 0.00217. The molecule has 146 valence electrons. The van der Waals surface area contributed by atoms with Crippen LogP contribution >= 0.6 is 0 Å². The van der Waals surface area contributed by atoms with Gasteiger partial charge in [-0.15, -0.1) is 0 Å². The lowest BCUT2D eigenvalue weighted by Crippen LogP contribution is -2.18. The molecule has 0 unspecified atom stereocenters. The van der Waals surface area contributed by atoms with Gasteiger partial charge in [0.05, 0.1) is 11.9 Å². The van der Waals surface area contributed by atoms with Crippen LogP contribution in [0.5, 0.6) is 0 Å². The highest BCUT2D eigenvalue weighted by molar-refractivity contribution is 5.87. The first kappa shape index (κ1) is 19.3. The molecule has 0 spiro atoms. The Bertz CT molecular complexity index is 1050. The van der Waals surface area contributed by atoms with E-state index in [1.165, 1.54) is 16.8 Å². The largest absolute Gasteiger partial charge is 0.352 e. The van der Waals surface area contributed by atoms with E-state index in [-0.39, 0.29) is 17.7 Å². The highest BCUT2D eigenvalue weighted by atomic mass is 19.1. The van der Waals surface area contributed by atoms with Crippen molar-refractivity contribution in [3.63, 3.8) is 0 Å².